The summed E-state index contributed by atoms with van der Waals surface area (Å²) in [7, 11) is -2.00. The van der Waals surface area contributed by atoms with Gasteiger partial charge in [0.15, 0.2) is 0 Å². The van der Waals surface area contributed by atoms with Crippen LogP contribution in [0.25, 0.3) is 0 Å². The normalized spacial score (nSPS) is 12.7. The molecule has 0 radical (unpaired) electrons. The van der Waals surface area contributed by atoms with E-state index in [1.54, 1.807) is 13.8 Å². The second-order valence-electron chi connectivity index (χ2n) is 5.15. The summed E-state index contributed by atoms with van der Waals surface area (Å²) >= 11 is 0. The number of aryl methyl sites for hydroxylation is 2. The summed E-state index contributed by atoms with van der Waals surface area (Å²) in [5.41, 5.74) is 1.42. The van der Waals surface area contributed by atoms with Crippen LogP contribution in [-0.4, -0.2) is 22.6 Å². The fourth-order valence-corrected chi connectivity index (χ4v) is 4.36. The van der Waals surface area contributed by atoms with Crippen molar-refractivity contribution in [2.75, 3.05) is 10.5 Å². The van der Waals surface area contributed by atoms with E-state index in [9.17, 15) is 16.8 Å². The smallest absolute Gasteiger partial charge is 0.261 e. The van der Waals surface area contributed by atoms with Gasteiger partial charge >= 0.3 is 0 Å². The first-order valence-electron chi connectivity index (χ1n) is 5.99. The average Bonchev–Trinajstić information content (AvgIpc) is 2.19. The molecule has 0 bridgehead atoms. The molecule has 0 saturated heterocycles. The maximum Gasteiger partial charge on any atom is 0.261 e. The minimum Gasteiger partial charge on any atom is -0.283 e. The zero-order chi connectivity index (χ0) is 15.7. The van der Waals surface area contributed by atoms with Crippen LogP contribution in [-0.2, 0) is 19.1 Å². The Hall–Kier alpha value is -0.790. The Bertz CT molecular complexity index is 686. The largest absolute Gasteiger partial charge is 0.283 e. The van der Waals surface area contributed by atoms with E-state index in [0.717, 1.165) is 0 Å². The Morgan fingerprint density at radius 1 is 1.10 bits per heavy atom. The third-order valence-electron chi connectivity index (χ3n) is 2.60. The first kappa shape index (κ1) is 17.3. The molecule has 0 amide bonds. The predicted octanol–water partition coefficient (Wildman–Crippen LogP) is 2.63. The van der Waals surface area contributed by atoms with Gasteiger partial charge in [-0.15, -0.1) is 0 Å². The van der Waals surface area contributed by atoms with Gasteiger partial charge in [-0.25, -0.2) is 16.8 Å². The van der Waals surface area contributed by atoms with Gasteiger partial charge in [-0.05, 0) is 43.0 Å². The molecule has 1 rings (SSSR count). The highest BCUT2D eigenvalue weighted by molar-refractivity contribution is 8.13. The van der Waals surface area contributed by atoms with Gasteiger partial charge in [0.2, 0.25) is 10.0 Å². The van der Waals surface area contributed by atoms with Crippen molar-refractivity contribution in [1.29, 1.82) is 0 Å². The number of hydrogen-bond donors (Lipinski definition) is 1. The standard InChI is InChI=1S/C12H18ClNO4S2/c1-8(2)7-19(15,16)14-12-9(3)5-11(6-10(12)4)20(13,17)18/h5-6,8,14H,7H2,1-4H3. The van der Waals surface area contributed by atoms with Crippen LogP contribution in [0.5, 0.6) is 0 Å². The van der Waals surface area contributed by atoms with E-state index in [0.29, 0.717) is 16.8 Å². The van der Waals surface area contributed by atoms with Gasteiger partial charge in [0.1, 0.15) is 0 Å². The topological polar surface area (TPSA) is 80.3 Å². The summed E-state index contributed by atoms with van der Waals surface area (Å²) in [4.78, 5) is -0.0408. The predicted molar refractivity (Wildman–Crippen MR) is 81.2 cm³/mol. The quantitative estimate of drug-likeness (QED) is 0.836. The molecule has 0 aliphatic rings. The second kappa shape index (κ2) is 5.91. The summed E-state index contributed by atoms with van der Waals surface area (Å²) in [6.45, 7) is 6.88. The van der Waals surface area contributed by atoms with E-state index < -0.39 is 19.1 Å². The van der Waals surface area contributed by atoms with Crippen molar-refractivity contribution in [2.24, 2.45) is 5.92 Å². The molecule has 0 fully saturated rings. The zero-order valence-electron chi connectivity index (χ0n) is 11.8. The maximum absolute atomic E-state index is 11.9. The summed E-state index contributed by atoms with van der Waals surface area (Å²) in [6, 6.07) is 2.70. The lowest BCUT2D eigenvalue weighted by Crippen LogP contribution is -2.21. The minimum atomic E-state index is -3.83. The van der Waals surface area contributed by atoms with E-state index >= 15 is 0 Å². The second-order valence-corrected chi connectivity index (χ2v) is 9.48. The van der Waals surface area contributed by atoms with Crippen molar-refractivity contribution in [3.8, 4) is 0 Å². The zero-order valence-corrected chi connectivity index (χ0v) is 14.2. The number of nitrogens with one attached hydrogen (secondary N) is 1. The molecule has 0 aliphatic heterocycles. The Kier molecular flexibility index (Phi) is 5.10. The van der Waals surface area contributed by atoms with Crippen LogP contribution in [0.2, 0.25) is 0 Å². The van der Waals surface area contributed by atoms with Gasteiger partial charge in [0.05, 0.1) is 16.3 Å². The third kappa shape index (κ3) is 4.64. The van der Waals surface area contributed by atoms with Crippen LogP contribution >= 0.6 is 10.7 Å². The Morgan fingerprint density at radius 3 is 1.90 bits per heavy atom. The van der Waals surface area contributed by atoms with Crippen LogP contribution in [0.4, 0.5) is 5.69 Å². The van der Waals surface area contributed by atoms with E-state index in [1.807, 2.05) is 13.8 Å². The molecule has 0 atom stereocenters. The fraction of sp³-hybridized carbons (Fsp3) is 0.500. The minimum absolute atomic E-state index is 0.00142. The number of benzene rings is 1. The number of sulfonamides is 1. The molecule has 0 heterocycles. The monoisotopic (exact) mass is 339 g/mol. The highest BCUT2D eigenvalue weighted by Crippen LogP contribution is 2.27. The van der Waals surface area contributed by atoms with Crippen molar-refractivity contribution in [1.82, 2.24) is 0 Å². The molecule has 1 aromatic rings. The van der Waals surface area contributed by atoms with E-state index in [1.165, 1.54) is 12.1 Å². The highest BCUT2D eigenvalue weighted by atomic mass is 35.7. The number of halogens is 1. The number of rotatable bonds is 5. The van der Waals surface area contributed by atoms with Crippen molar-refractivity contribution in [3.63, 3.8) is 0 Å². The molecule has 0 aromatic heterocycles. The molecule has 1 N–H and O–H groups in total. The molecule has 1 aromatic carbocycles. The molecule has 5 nitrogen and oxygen atoms in total. The first-order chi connectivity index (χ1) is 8.92. The highest BCUT2D eigenvalue weighted by Gasteiger charge is 2.18. The Labute approximate surface area is 124 Å². The number of anilines is 1. The van der Waals surface area contributed by atoms with Gasteiger partial charge in [-0.3, -0.25) is 4.72 Å². The molecule has 114 valence electrons. The third-order valence-corrected chi connectivity index (χ3v) is 5.55. The van der Waals surface area contributed by atoms with Crippen molar-refractivity contribution < 1.29 is 16.8 Å². The lowest BCUT2D eigenvalue weighted by atomic mass is 10.1. The molecule has 8 heteroatoms. The van der Waals surface area contributed by atoms with Crippen LogP contribution in [0.3, 0.4) is 0 Å². The molecular formula is C12H18ClNO4S2. The van der Waals surface area contributed by atoms with Gasteiger partial charge in [-0.1, -0.05) is 13.8 Å². The molecule has 0 saturated carbocycles. The maximum atomic E-state index is 11.9. The fourth-order valence-electron chi connectivity index (χ4n) is 1.86. The van der Waals surface area contributed by atoms with Gasteiger partial charge in [0.25, 0.3) is 9.05 Å². The van der Waals surface area contributed by atoms with E-state index in [-0.39, 0.29) is 16.6 Å². The van der Waals surface area contributed by atoms with Crippen LogP contribution in [0.1, 0.15) is 25.0 Å². The SMILES string of the molecule is Cc1cc(S(=O)(=O)Cl)cc(C)c1NS(=O)(=O)CC(C)C. The molecular weight excluding hydrogens is 322 g/mol. The van der Waals surface area contributed by atoms with Crippen LogP contribution in [0.15, 0.2) is 17.0 Å². The molecule has 0 unspecified atom stereocenters. The van der Waals surface area contributed by atoms with Crippen molar-refractivity contribution >= 4 is 35.4 Å². The summed E-state index contributed by atoms with van der Waals surface area (Å²) in [5, 5.41) is 0. The van der Waals surface area contributed by atoms with Gasteiger partial charge in [0, 0.05) is 10.7 Å². The van der Waals surface area contributed by atoms with Crippen LogP contribution < -0.4 is 4.72 Å². The van der Waals surface area contributed by atoms with E-state index in [2.05, 4.69) is 4.72 Å². The summed E-state index contributed by atoms with van der Waals surface area (Å²) in [6.07, 6.45) is 0. The Morgan fingerprint density at radius 2 is 1.55 bits per heavy atom. The molecule has 20 heavy (non-hydrogen) atoms. The lowest BCUT2D eigenvalue weighted by Gasteiger charge is -2.15. The molecule has 0 spiro atoms. The summed E-state index contributed by atoms with van der Waals surface area (Å²) in [5.74, 6) is -0.00264. The Balaban J connectivity index is 3.23. The van der Waals surface area contributed by atoms with Crippen molar-refractivity contribution in [3.05, 3.63) is 23.3 Å². The number of hydrogen-bond acceptors (Lipinski definition) is 4. The van der Waals surface area contributed by atoms with E-state index in [4.69, 9.17) is 10.7 Å². The average molecular weight is 340 g/mol. The van der Waals surface area contributed by atoms with Crippen LogP contribution in [0, 0.1) is 19.8 Å². The van der Waals surface area contributed by atoms with Gasteiger partial charge < -0.3 is 0 Å². The van der Waals surface area contributed by atoms with Crippen molar-refractivity contribution in [2.45, 2.75) is 32.6 Å². The first-order valence-corrected chi connectivity index (χ1v) is 9.95. The van der Waals surface area contributed by atoms with Gasteiger partial charge in [-0.2, -0.15) is 0 Å². The molecule has 0 aliphatic carbocycles. The lowest BCUT2D eigenvalue weighted by molar-refractivity contribution is 0.587. The summed E-state index contributed by atoms with van der Waals surface area (Å²) < 4.78 is 49.0.